The number of aryl methyl sites for hydroxylation is 1. The van der Waals surface area contributed by atoms with Gasteiger partial charge in [0.2, 0.25) is 0 Å². The first-order chi connectivity index (χ1) is 7.22. The lowest BCUT2D eigenvalue weighted by molar-refractivity contribution is 0.614. The molecule has 0 aliphatic heterocycles. The molecule has 1 unspecified atom stereocenters. The Morgan fingerprint density at radius 2 is 2.00 bits per heavy atom. The van der Waals surface area contributed by atoms with E-state index in [4.69, 9.17) is 0 Å². The summed E-state index contributed by atoms with van der Waals surface area (Å²) in [6.45, 7) is 6.70. The normalized spacial score (nSPS) is 18.4. The van der Waals surface area contributed by atoms with Crippen LogP contribution in [-0.2, 0) is 0 Å². The zero-order valence-corrected chi connectivity index (χ0v) is 10.7. The van der Waals surface area contributed by atoms with Gasteiger partial charge in [0, 0.05) is 0 Å². The van der Waals surface area contributed by atoms with Crippen molar-refractivity contribution in [3.05, 3.63) is 41.0 Å². The Bertz CT molecular complexity index is 390. The fraction of sp³-hybridized carbons (Fsp3) is 0.467. The summed E-state index contributed by atoms with van der Waals surface area (Å²) in [4.78, 5) is 0. The third kappa shape index (κ3) is 2.35. The van der Waals surface area contributed by atoms with Crippen molar-refractivity contribution in [1.82, 2.24) is 6.15 Å². The van der Waals surface area contributed by atoms with Crippen molar-refractivity contribution in [2.75, 3.05) is 0 Å². The molecular formula is C15H23N. The molecule has 1 nitrogen and oxygen atoms in total. The molecule has 0 saturated carbocycles. The quantitative estimate of drug-likeness (QED) is 0.755. The van der Waals surface area contributed by atoms with Crippen LogP contribution in [0.2, 0.25) is 0 Å². The summed E-state index contributed by atoms with van der Waals surface area (Å²) in [5.41, 5.74) is 5.91. The maximum atomic E-state index is 2.40. The van der Waals surface area contributed by atoms with Gasteiger partial charge < -0.3 is 6.15 Å². The summed E-state index contributed by atoms with van der Waals surface area (Å²) in [6, 6.07) is 6.90. The van der Waals surface area contributed by atoms with Crippen LogP contribution in [0.5, 0.6) is 0 Å². The second-order valence-electron chi connectivity index (χ2n) is 4.70. The number of hydrogen-bond acceptors (Lipinski definition) is 1. The molecule has 1 heteroatoms. The van der Waals surface area contributed by atoms with E-state index in [1.807, 2.05) is 0 Å². The zero-order valence-electron chi connectivity index (χ0n) is 10.7. The van der Waals surface area contributed by atoms with Crippen molar-refractivity contribution in [1.29, 1.82) is 0 Å². The molecule has 0 saturated heterocycles. The van der Waals surface area contributed by atoms with Crippen molar-refractivity contribution in [3.8, 4) is 0 Å². The lowest BCUT2D eigenvalue weighted by atomic mass is 9.80. The molecule has 0 spiro atoms. The molecule has 0 radical (unpaired) electrons. The van der Waals surface area contributed by atoms with Crippen molar-refractivity contribution in [3.63, 3.8) is 0 Å². The van der Waals surface area contributed by atoms with E-state index in [-0.39, 0.29) is 6.15 Å². The Morgan fingerprint density at radius 1 is 1.25 bits per heavy atom. The second-order valence-corrected chi connectivity index (χ2v) is 4.70. The van der Waals surface area contributed by atoms with E-state index in [9.17, 15) is 0 Å². The molecule has 0 aromatic heterocycles. The number of allylic oxidation sites excluding steroid dienone is 2. The molecule has 1 atom stereocenters. The van der Waals surface area contributed by atoms with Crippen LogP contribution >= 0.6 is 0 Å². The molecule has 1 aromatic carbocycles. The van der Waals surface area contributed by atoms with E-state index in [0.717, 1.165) is 5.92 Å². The molecule has 0 amide bonds. The Kier molecular flexibility index (Phi) is 4.31. The van der Waals surface area contributed by atoms with Crippen molar-refractivity contribution >= 4 is 5.57 Å². The third-order valence-corrected chi connectivity index (χ3v) is 3.42. The molecule has 0 heterocycles. The van der Waals surface area contributed by atoms with Gasteiger partial charge in [-0.15, -0.1) is 0 Å². The fourth-order valence-corrected chi connectivity index (χ4v) is 2.56. The molecule has 1 aliphatic carbocycles. The van der Waals surface area contributed by atoms with Gasteiger partial charge in [0.15, 0.2) is 0 Å². The topological polar surface area (TPSA) is 35.0 Å². The average molecular weight is 217 g/mol. The molecule has 16 heavy (non-hydrogen) atoms. The lowest BCUT2D eigenvalue weighted by Gasteiger charge is -2.24. The molecular weight excluding hydrogens is 194 g/mol. The van der Waals surface area contributed by atoms with Crippen molar-refractivity contribution < 1.29 is 0 Å². The van der Waals surface area contributed by atoms with Crippen LogP contribution in [0.25, 0.3) is 5.57 Å². The Labute approximate surface area is 99.2 Å². The molecule has 0 bridgehead atoms. The second kappa shape index (κ2) is 5.31. The van der Waals surface area contributed by atoms with Gasteiger partial charge in [0.1, 0.15) is 0 Å². The number of benzene rings is 1. The highest BCUT2D eigenvalue weighted by Crippen LogP contribution is 2.37. The minimum Gasteiger partial charge on any atom is -0.344 e. The molecule has 0 fully saturated rings. The van der Waals surface area contributed by atoms with E-state index < -0.39 is 0 Å². The highest BCUT2D eigenvalue weighted by atomic mass is 14.2. The van der Waals surface area contributed by atoms with Gasteiger partial charge in [-0.3, -0.25) is 0 Å². The van der Waals surface area contributed by atoms with E-state index in [0.29, 0.717) is 0 Å². The maximum absolute atomic E-state index is 2.40. The van der Waals surface area contributed by atoms with E-state index in [1.54, 1.807) is 5.56 Å². The van der Waals surface area contributed by atoms with Gasteiger partial charge in [-0.1, -0.05) is 43.2 Å². The predicted molar refractivity (Wildman–Crippen MR) is 72.1 cm³/mol. The first-order valence-electron chi connectivity index (χ1n) is 6.00. The Morgan fingerprint density at radius 3 is 2.69 bits per heavy atom. The van der Waals surface area contributed by atoms with Crippen LogP contribution in [0.4, 0.5) is 0 Å². The van der Waals surface area contributed by atoms with E-state index in [2.05, 4.69) is 45.0 Å². The van der Waals surface area contributed by atoms with Crippen LogP contribution < -0.4 is 6.15 Å². The zero-order chi connectivity index (χ0) is 10.8. The van der Waals surface area contributed by atoms with Gasteiger partial charge in [-0.05, 0) is 49.3 Å². The standard InChI is InChI=1S/C15H20.H3N/c1-4-5-13-8-7-12(3)14-9-6-11(2)10-15(13)14;/h6-7,9-10,13H,4-5,8H2,1-3H3;1H3. The van der Waals surface area contributed by atoms with Crippen LogP contribution in [0.15, 0.2) is 24.3 Å². The van der Waals surface area contributed by atoms with Gasteiger partial charge in [0.05, 0.1) is 0 Å². The van der Waals surface area contributed by atoms with Crippen LogP contribution in [-0.4, -0.2) is 0 Å². The summed E-state index contributed by atoms with van der Waals surface area (Å²) in [6.07, 6.45) is 6.24. The van der Waals surface area contributed by atoms with Crippen LogP contribution in [0.3, 0.4) is 0 Å². The van der Waals surface area contributed by atoms with Gasteiger partial charge >= 0.3 is 0 Å². The number of rotatable bonds is 2. The van der Waals surface area contributed by atoms with E-state index in [1.165, 1.54) is 36.0 Å². The summed E-state index contributed by atoms with van der Waals surface area (Å²) >= 11 is 0. The number of fused-ring (bicyclic) bond motifs is 1. The molecule has 88 valence electrons. The van der Waals surface area contributed by atoms with Crippen LogP contribution in [0.1, 0.15) is 55.7 Å². The first kappa shape index (κ1) is 13.0. The smallest absolute Gasteiger partial charge is 0.0121 e. The van der Waals surface area contributed by atoms with Gasteiger partial charge in [-0.2, -0.15) is 0 Å². The van der Waals surface area contributed by atoms with Gasteiger partial charge in [0.25, 0.3) is 0 Å². The highest BCUT2D eigenvalue weighted by molar-refractivity contribution is 5.69. The lowest BCUT2D eigenvalue weighted by Crippen LogP contribution is -2.06. The number of hydrogen-bond donors (Lipinski definition) is 1. The monoisotopic (exact) mass is 217 g/mol. The van der Waals surface area contributed by atoms with E-state index >= 15 is 0 Å². The van der Waals surface area contributed by atoms with Crippen molar-refractivity contribution in [2.45, 2.75) is 46.0 Å². The minimum atomic E-state index is 0. The molecule has 1 aromatic rings. The van der Waals surface area contributed by atoms with Crippen molar-refractivity contribution in [2.24, 2.45) is 0 Å². The SMILES string of the molecule is CCCC1CC=C(C)c2ccc(C)cc21.N. The fourth-order valence-electron chi connectivity index (χ4n) is 2.56. The minimum absolute atomic E-state index is 0. The average Bonchev–Trinajstić information content (AvgIpc) is 2.22. The largest absolute Gasteiger partial charge is 0.344 e. The first-order valence-corrected chi connectivity index (χ1v) is 6.00. The molecule has 2 rings (SSSR count). The highest BCUT2D eigenvalue weighted by Gasteiger charge is 2.18. The maximum Gasteiger partial charge on any atom is -0.0121 e. The summed E-state index contributed by atoms with van der Waals surface area (Å²) in [7, 11) is 0. The summed E-state index contributed by atoms with van der Waals surface area (Å²) in [5.74, 6) is 0.758. The Balaban J connectivity index is 0.00000128. The molecule has 3 N–H and O–H groups in total. The summed E-state index contributed by atoms with van der Waals surface area (Å²) in [5, 5.41) is 0. The predicted octanol–water partition coefficient (Wildman–Crippen LogP) is 4.85. The Hall–Kier alpha value is -1.08. The summed E-state index contributed by atoms with van der Waals surface area (Å²) < 4.78 is 0. The molecule has 1 aliphatic rings. The van der Waals surface area contributed by atoms with Gasteiger partial charge in [-0.25, -0.2) is 0 Å². The third-order valence-electron chi connectivity index (χ3n) is 3.42. The van der Waals surface area contributed by atoms with Crippen LogP contribution in [0, 0.1) is 6.92 Å².